The van der Waals surface area contributed by atoms with E-state index in [2.05, 4.69) is 42.2 Å². The summed E-state index contributed by atoms with van der Waals surface area (Å²) in [6, 6.07) is 3.11. The fourth-order valence-electron chi connectivity index (χ4n) is 3.20. The average molecular weight is 272 g/mol. The minimum absolute atomic E-state index is 0.345. The lowest BCUT2D eigenvalue weighted by molar-refractivity contribution is 0.358. The molecule has 0 radical (unpaired) electrons. The zero-order chi connectivity index (χ0) is 14.1. The average Bonchev–Trinajstić information content (AvgIpc) is 2.82. The Morgan fingerprint density at radius 3 is 2.90 bits per heavy atom. The molecule has 2 unspecified atom stereocenters. The highest BCUT2D eigenvalue weighted by atomic mass is 15.3. The molecule has 0 bridgehead atoms. The highest BCUT2D eigenvalue weighted by Gasteiger charge is 2.19. The maximum absolute atomic E-state index is 4.58. The van der Waals surface area contributed by atoms with E-state index in [1.165, 1.54) is 25.7 Å². The second kappa shape index (κ2) is 5.43. The summed E-state index contributed by atoms with van der Waals surface area (Å²) in [5.74, 6) is 0.835. The third-order valence-electron chi connectivity index (χ3n) is 4.23. The van der Waals surface area contributed by atoms with Crippen LogP contribution >= 0.6 is 0 Å². The Bertz CT molecular complexity index is 587. The molecule has 20 heavy (non-hydrogen) atoms. The first-order valence-corrected chi connectivity index (χ1v) is 7.73. The molecule has 0 saturated heterocycles. The van der Waals surface area contributed by atoms with Crippen molar-refractivity contribution in [1.82, 2.24) is 14.8 Å². The van der Waals surface area contributed by atoms with Crippen molar-refractivity contribution in [1.29, 1.82) is 0 Å². The summed E-state index contributed by atoms with van der Waals surface area (Å²) >= 11 is 0. The molecule has 4 nitrogen and oxygen atoms in total. The maximum atomic E-state index is 4.58. The fraction of sp³-hybridized carbons (Fsp3) is 0.625. The summed E-state index contributed by atoms with van der Waals surface area (Å²) in [6.45, 7) is 6.61. The van der Waals surface area contributed by atoms with Crippen molar-refractivity contribution < 1.29 is 0 Å². The number of pyridine rings is 1. The number of hydrogen-bond acceptors (Lipinski definition) is 3. The van der Waals surface area contributed by atoms with Crippen LogP contribution in [-0.2, 0) is 0 Å². The van der Waals surface area contributed by atoms with E-state index in [1.807, 2.05) is 17.1 Å². The first kappa shape index (κ1) is 13.4. The third kappa shape index (κ3) is 2.65. The molecule has 2 aromatic heterocycles. The SMILES string of the molecule is CC1CCCC(Nc2cnc3c(cnn3C(C)C)c2)C1. The quantitative estimate of drug-likeness (QED) is 0.918. The van der Waals surface area contributed by atoms with Crippen molar-refractivity contribution in [3.05, 3.63) is 18.5 Å². The van der Waals surface area contributed by atoms with E-state index in [-0.39, 0.29) is 0 Å². The molecule has 1 N–H and O–H groups in total. The number of fused-ring (bicyclic) bond motifs is 1. The van der Waals surface area contributed by atoms with Gasteiger partial charge in [0.15, 0.2) is 5.65 Å². The first-order valence-electron chi connectivity index (χ1n) is 7.73. The minimum atomic E-state index is 0.345. The van der Waals surface area contributed by atoms with Crippen molar-refractivity contribution in [3.8, 4) is 0 Å². The van der Waals surface area contributed by atoms with Crippen LogP contribution in [-0.4, -0.2) is 20.8 Å². The van der Waals surface area contributed by atoms with Crippen LogP contribution in [0.15, 0.2) is 18.5 Å². The van der Waals surface area contributed by atoms with Gasteiger partial charge in [0.25, 0.3) is 0 Å². The van der Waals surface area contributed by atoms with E-state index in [4.69, 9.17) is 0 Å². The van der Waals surface area contributed by atoms with Gasteiger partial charge >= 0.3 is 0 Å². The van der Waals surface area contributed by atoms with Crippen molar-refractivity contribution in [2.45, 2.75) is 58.5 Å². The van der Waals surface area contributed by atoms with Gasteiger partial charge in [0.2, 0.25) is 0 Å². The predicted octanol–water partition coefficient (Wildman–Crippen LogP) is 4.00. The number of rotatable bonds is 3. The fourth-order valence-corrected chi connectivity index (χ4v) is 3.20. The Morgan fingerprint density at radius 1 is 1.30 bits per heavy atom. The summed E-state index contributed by atoms with van der Waals surface area (Å²) in [7, 11) is 0. The molecular formula is C16H24N4. The lowest BCUT2D eigenvalue weighted by atomic mass is 9.87. The van der Waals surface area contributed by atoms with Gasteiger partial charge in [-0.3, -0.25) is 0 Å². The van der Waals surface area contributed by atoms with Gasteiger partial charge < -0.3 is 5.32 Å². The molecular weight excluding hydrogens is 248 g/mol. The van der Waals surface area contributed by atoms with Gasteiger partial charge in [-0.05, 0) is 38.7 Å². The number of hydrogen-bond donors (Lipinski definition) is 1. The molecule has 3 rings (SSSR count). The van der Waals surface area contributed by atoms with Gasteiger partial charge in [0.05, 0.1) is 18.1 Å². The van der Waals surface area contributed by atoms with Gasteiger partial charge in [-0.2, -0.15) is 5.10 Å². The van der Waals surface area contributed by atoms with E-state index in [9.17, 15) is 0 Å². The molecule has 2 atom stereocenters. The molecule has 4 heteroatoms. The Kier molecular flexibility index (Phi) is 3.64. The lowest BCUT2D eigenvalue weighted by Gasteiger charge is -2.28. The van der Waals surface area contributed by atoms with Crippen LogP contribution in [0.2, 0.25) is 0 Å². The lowest BCUT2D eigenvalue weighted by Crippen LogP contribution is -2.26. The van der Waals surface area contributed by atoms with Gasteiger partial charge in [0.1, 0.15) is 0 Å². The summed E-state index contributed by atoms with van der Waals surface area (Å²) in [5, 5.41) is 9.18. The Labute approximate surface area is 120 Å². The predicted molar refractivity (Wildman–Crippen MR) is 83.0 cm³/mol. The maximum Gasteiger partial charge on any atom is 0.158 e. The van der Waals surface area contributed by atoms with E-state index in [0.29, 0.717) is 12.1 Å². The van der Waals surface area contributed by atoms with Gasteiger partial charge in [-0.1, -0.05) is 19.8 Å². The standard InChI is InChI=1S/C16H24N4/c1-11(2)20-16-13(9-18-20)8-15(10-17-16)19-14-6-4-5-12(3)7-14/h8-12,14,19H,4-7H2,1-3H3. The molecule has 2 aromatic rings. The van der Waals surface area contributed by atoms with Crippen LogP contribution in [0.5, 0.6) is 0 Å². The Balaban J connectivity index is 1.79. The Hall–Kier alpha value is -1.58. The van der Waals surface area contributed by atoms with Crippen LogP contribution in [0.25, 0.3) is 11.0 Å². The van der Waals surface area contributed by atoms with Crippen LogP contribution in [0.3, 0.4) is 0 Å². The summed E-state index contributed by atoms with van der Waals surface area (Å²) in [6.07, 6.45) is 9.10. The molecule has 2 heterocycles. The molecule has 1 saturated carbocycles. The smallest absolute Gasteiger partial charge is 0.158 e. The molecule has 0 aromatic carbocycles. The second-order valence-corrected chi connectivity index (χ2v) is 6.43. The normalized spacial score (nSPS) is 23.4. The third-order valence-corrected chi connectivity index (χ3v) is 4.23. The van der Waals surface area contributed by atoms with Crippen LogP contribution in [0.4, 0.5) is 5.69 Å². The molecule has 0 spiro atoms. The van der Waals surface area contributed by atoms with Crippen LogP contribution < -0.4 is 5.32 Å². The van der Waals surface area contributed by atoms with Crippen LogP contribution in [0.1, 0.15) is 52.5 Å². The van der Waals surface area contributed by atoms with Gasteiger partial charge in [-0.25, -0.2) is 9.67 Å². The molecule has 1 aliphatic rings. The van der Waals surface area contributed by atoms with Crippen molar-refractivity contribution in [3.63, 3.8) is 0 Å². The topological polar surface area (TPSA) is 42.7 Å². The molecule has 1 fully saturated rings. The van der Waals surface area contributed by atoms with E-state index < -0.39 is 0 Å². The Morgan fingerprint density at radius 2 is 2.15 bits per heavy atom. The monoisotopic (exact) mass is 272 g/mol. The summed E-state index contributed by atoms with van der Waals surface area (Å²) in [5.41, 5.74) is 2.10. The zero-order valence-electron chi connectivity index (χ0n) is 12.6. The summed E-state index contributed by atoms with van der Waals surface area (Å²) in [4.78, 5) is 4.58. The summed E-state index contributed by atoms with van der Waals surface area (Å²) < 4.78 is 1.97. The van der Waals surface area contributed by atoms with Gasteiger partial charge in [-0.15, -0.1) is 0 Å². The van der Waals surface area contributed by atoms with Crippen LogP contribution in [0, 0.1) is 5.92 Å². The minimum Gasteiger partial charge on any atom is -0.381 e. The molecule has 1 aliphatic carbocycles. The van der Waals surface area contributed by atoms with Gasteiger partial charge in [0, 0.05) is 17.5 Å². The van der Waals surface area contributed by atoms with Crippen molar-refractivity contribution in [2.24, 2.45) is 5.92 Å². The highest BCUT2D eigenvalue weighted by molar-refractivity contribution is 5.78. The molecule has 0 aliphatic heterocycles. The highest BCUT2D eigenvalue weighted by Crippen LogP contribution is 2.27. The molecule has 108 valence electrons. The first-order chi connectivity index (χ1) is 9.63. The molecule has 0 amide bonds. The number of aromatic nitrogens is 3. The van der Waals surface area contributed by atoms with Crippen molar-refractivity contribution >= 4 is 16.7 Å². The zero-order valence-corrected chi connectivity index (χ0v) is 12.6. The number of nitrogens with zero attached hydrogens (tertiary/aromatic N) is 3. The van der Waals surface area contributed by atoms with E-state index in [1.54, 1.807) is 0 Å². The number of anilines is 1. The van der Waals surface area contributed by atoms with E-state index in [0.717, 1.165) is 22.6 Å². The van der Waals surface area contributed by atoms with Crippen molar-refractivity contribution in [2.75, 3.05) is 5.32 Å². The largest absolute Gasteiger partial charge is 0.381 e. The second-order valence-electron chi connectivity index (χ2n) is 6.43. The number of nitrogens with one attached hydrogen (secondary N) is 1. The van der Waals surface area contributed by atoms with E-state index >= 15 is 0 Å².